The molecule has 0 saturated heterocycles. The summed E-state index contributed by atoms with van der Waals surface area (Å²) in [6.45, 7) is 2.89. The van der Waals surface area contributed by atoms with Crippen molar-refractivity contribution in [3.05, 3.63) is 72.1 Å². The number of likely N-dealkylation sites (N-methyl/N-ethyl adjacent to an activating group) is 1. The lowest BCUT2D eigenvalue weighted by molar-refractivity contribution is -0.122. The van der Waals surface area contributed by atoms with Crippen molar-refractivity contribution in [1.29, 1.82) is 0 Å². The molecule has 0 aliphatic rings. The third-order valence-corrected chi connectivity index (χ3v) is 3.81. The lowest BCUT2D eigenvalue weighted by atomic mass is 10.2. The van der Waals surface area contributed by atoms with Gasteiger partial charge in [-0.25, -0.2) is 4.68 Å². The Labute approximate surface area is 162 Å². The average Bonchev–Trinajstić information content (AvgIpc) is 3.17. The molecule has 0 atom stereocenters. The topological polar surface area (TPSA) is 98.1 Å². The Kier molecular flexibility index (Phi) is 6.35. The number of rotatable bonds is 8. The van der Waals surface area contributed by atoms with Gasteiger partial charge in [0.15, 0.2) is 12.3 Å². The average molecular weight is 379 g/mol. The van der Waals surface area contributed by atoms with Gasteiger partial charge < -0.3 is 15.4 Å². The number of carbonyl (C=O) groups excluding carboxylic acids is 2. The van der Waals surface area contributed by atoms with Gasteiger partial charge >= 0.3 is 0 Å². The summed E-state index contributed by atoms with van der Waals surface area (Å²) in [6.07, 6.45) is 1.60. The molecule has 3 aromatic rings. The maximum Gasteiger partial charge on any atom is 0.277 e. The minimum absolute atomic E-state index is 0.0515. The van der Waals surface area contributed by atoms with E-state index in [1.807, 2.05) is 37.3 Å². The Morgan fingerprint density at radius 2 is 1.82 bits per heavy atom. The van der Waals surface area contributed by atoms with Crippen LogP contribution in [0.15, 0.2) is 60.8 Å². The minimum atomic E-state index is -0.352. The van der Waals surface area contributed by atoms with Crippen molar-refractivity contribution >= 4 is 17.5 Å². The molecule has 0 aliphatic heterocycles. The van der Waals surface area contributed by atoms with Crippen LogP contribution in [0.25, 0.3) is 0 Å². The fraction of sp³-hybridized carbons (Fsp3) is 0.200. The van der Waals surface area contributed by atoms with E-state index in [9.17, 15) is 9.59 Å². The quantitative estimate of drug-likeness (QED) is 0.625. The first-order valence-electron chi connectivity index (χ1n) is 8.89. The molecule has 2 N–H and O–H groups in total. The molecule has 0 saturated carbocycles. The van der Waals surface area contributed by atoms with Crippen LogP contribution in [-0.2, 0) is 11.3 Å². The number of benzene rings is 2. The summed E-state index contributed by atoms with van der Waals surface area (Å²) in [5, 5.41) is 13.3. The van der Waals surface area contributed by atoms with Crippen molar-refractivity contribution in [3.8, 4) is 5.75 Å². The fourth-order valence-corrected chi connectivity index (χ4v) is 2.48. The maximum absolute atomic E-state index is 12.3. The third kappa shape index (κ3) is 5.41. The van der Waals surface area contributed by atoms with E-state index in [2.05, 4.69) is 20.9 Å². The number of amides is 2. The van der Waals surface area contributed by atoms with Crippen molar-refractivity contribution < 1.29 is 14.3 Å². The summed E-state index contributed by atoms with van der Waals surface area (Å²) in [4.78, 5) is 23.7. The first-order valence-corrected chi connectivity index (χ1v) is 8.89. The van der Waals surface area contributed by atoms with Gasteiger partial charge in [0.05, 0.1) is 12.7 Å². The SMILES string of the molecule is CCNC(=O)COc1ccc(NC(=O)c2cn(Cc3ccccc3)nn2)cc1. The minimum Gasteiger partial charge on any atom is -0.484 e. The van der Waals surface area contributed by atoms with E-state index >= 15 is 0 Å². The molecular formula is C20H21N5O3. The summed E-state index contributed by atoms with van der Waals surface area (Å²) in [6, 6.07) is 16.6. The number of ether oxygens (including phenoxy) is 1. The number of hydrogen-bond donors (Lipinski definition) is 2. The van der Waals surface area contributed by atoms with Gasteiger partial charge in [0, 0.05) is 12.2 Å². The van der Waals surface area contributed by atoms with Crippen LogP contribution in [0.4, 0.5) is 5.69 Å². The predicted octanol–water partition coefficient (Wildman–Crippen LogP) is 2.09. The highest BCUT2D eigenvalue weighted by atomic mass is 16.5. The van der Waals surface area contributed by atoms with Gasteiger partial charge in [-0.3, -0.25) is 9.59 Å². The molecule has 28 heavy (non-hydrogen) atoms. The second kappa shape index (κ2) is 9.31. The molecule has 2 aromatic carbocycles. The molecule has 0 bridgehead atoms. The van der Waals surface area contributed by atoms with Crippen molar-refractivity contribution in [3.63, 3.8) is 0 Å². The maximum atomic E-state index is 12.3. The molecule has 8 heteroatoms. The van der Waals surface area contributed by atoms with E-state index in [0.717, 1.165) is 5.56 Å². The molecule has 0 aliphatic carbocycles. The summed E-state index contributed by atoms with van der Waals surface area (Å²) in [5.41, 5.74) is 1.89. The predicted molar refractivity (Wildman–Crippen MR) is 104 cm³/mol. The fourth-order valence-electron chi connectivity index (χ4n) is 2.48. The Balaban J connectivity index is 1.54. The van der Waals surface area contributed by atoms with Crippen molar-refractivity contribution in [1.82, 2.24) is 20.3 Å². The van der Waals surface area contributed by atoms with Crippen molar-refractivity contribution in [2.24, 2.45) is 0 Å². The molecule has 2 amide bonds. The van der Waals surface area contributed by atoms with Crippen LogP contribution in [0.1, 0.15) is 23.0 Å². The van der Waals surface area contributed by atoms with Crippen LogP contribution in [-0.4, -0.2) is 40.0 Å². The Bertz CT molecular complexity index is 923. The summed E-state index contributed by atoms with van der Waals surface area (Å²) in [7, 11) is 0. The number of carbonyl (C=O) groups is 2. The molecule has 1 heterocycles. The highest BCUT2D eigenvalue weighted by Crippen LogP contribution is 2.16. The number of anilines is 1. The van der Waals surface area contributed by atoms with Gasteiger partial charge in [0.2, 0.25) is 0 Å². The second-order valence-corrected chi connectivity index (χ2v) is 6.01. The van der Waals surface area contributed by atoms with Gasteiger partial charge in [-0.05, 0) is 36.8 Å². The first-order chi connectivity index (χ1) is 13.6. The van der Waals surface area contributed by atoms with Crippen LogP contribution in [0, 0.1) is 0 Å². The molecule has 0 fully saturated rings. The first kappa shape index (κ1) is 19.1. The molecular weight excluding hydrogens is 358 g/mol. The number of hydrogen-bond acceptors (Lipinski definition) is 5. The highest BCUT2D eigenvalue weighted by molar-refractivity contribution is 6.02. The zero-order chi connectivity index (χ0) is 19.8. The van der Waals surface area contributed by atoms with E-state index < -0.39 is 0 Å². The molecule has 0 radical (unpaired) electrons. The van der Waals surface area contributed by atoms with Gasteiger partial charge in [0.1, 0.15) is 5.75 Å². The molecule has 0 spiro atoms. The Morgan fingerprint density at radius 1 is 1.07 bits per heavy atom. The van der Waals surface area contributed by atoms with E-state index in [1.165, 1.54) is 0 Å². The number of nitrogens with zero attached hydrogens (tertiary/aromatic N) is 3. The van der Waals surface area contributed by atoms with Crippen LogP contribution < -0.4 is 15.4 Å². The van der Waals surface area contributed by atoms with Crippen molar-refractivity contribution in [2.45, 2.75) is 13.5 Å². The summed E-state index contributed by atoms with van der Waals surface area (Å²) < 4.78 is 6.99. The largest absolute Gasteiger partial charge is 0.484 e. The van der Waals surface area contributed by atoms with Gasteiger partial charge in [-0.15, -0.1) is 5.10 Å². The Hall–Kier alpha value is -3.68. The van der Waals surface area contributed by atoms with E-state index in [-0.39, 0.29) is 24.1 Å². The standard InChI is InChI=1S/C20H21N5O3/c1-2-21-19(26)14-28-17-10-8-16(9-11-17)22-20(27)18-13-25(24-23-18)12-15-6-4-3-5-7-15/h3-11,13H,2,12,14H2,1H3,(H,21,26)(H,22,27). The van der Waals surface area contributed by atoms with E-state index in [4.69, 9.17) is 4.74 Å². The summed E-state index contributed by atoms with van der Waals surface area (Å²) in [5.74, 6) is 0.00632. The lowest BCUT2D eigenvalue weighted by Gasteiger charge is -2.07. The molecule has 0 unspecified atom stereocenters. The molecule has 144 valence electrons. The van der Waals surface area contributed by atoms with E-state index in [0.29, 0.717) is 24.5 Å². The van der Waals surface area contributed by atoms with Gasteiger partial charge in [0.25, 0.3) is 11.8 Å². The molecule has 1 aromatic heterocycles. The number of aromatic nitrogens is 3. The van der Waals surface area contributed by atoms with Crippen LogP contribution >= 0.6 is 0 Å². The zero-order valence-corrected chi connectivity index (χ0v) is 15.5. The van der Waals surface area contributed by atoms with Gasteiger partial charge in [-0.1, -0.05) is 35.5 Å². The smallest absolute Gasteiger partial charge is 0.277 e. The second-order valence-electron chi connectivity index (χ2n) is 6.01. The third-order valence-electron chi connectivity index (χ3n) is 3.81. The van der Waals surface area contributed by atoms with Crippen molar-refractivity contribution in [2.75, 3.05) is 18.5 Å². The highest BCUT2D eigenvalue weighted by Gasteiger charge is 2.11. The van der Waals surface area contributed by atoms with Crippen LogP contribution in [0.5, 0.6) is 5.75 Å². The monoisotopic (exact) mass is 379 g/mol. The van der Waals surface area contributed by atoms with Gasteiger partial charge in [-0.2, -0.15) is 0 Å². The molecule has 8 nitrogen and oxygen atoms in total. The lowest BCUT2D eigenvalue weighted by Crippen LogP contribution is -2.28. The Morgan fingerprint density at radius 3 is 2.54 bits per heavy atom. The summed E-state index contributed by atoms with van der Waals surface area (Å²) >= 11 is 0. The molecule has 3 rings (SSSR count). The van der Waals surface area contributed by atoms with Crippen LogP contribution in [0.3, 0.4) is 0 Å². The zero-order valence-electron chi connectivity index (χ0n) is 15.5. The normalized spacial score (nSPS) is 10.3. The van der Waals surface area contributed by atoms with E-state index in [1.54, 1.807) is 35.1 Å². The number of nitrogens with one attached hydrogen (secondary N) is 2. The van der Waals surface area contributed by atoms with Crippen LogP contribution in [0.2, 0.25) is 0 Å².